The first-order valence-electron chi connectivity index (χ1n) is 9.50. The molecule has 0 atom stereocenters. The molecule has 3 aromatic rings. The van der Waals surface area contributed by atoms with Crippen LogP contribution in [0.25, 0.3) is 11.0 Å². The van der Waals surface area contributed by atoms with Gasteiger partial charge in [0.15, 0.2) is 17.8 Å². The Morgan fingerprint density at radius 3 is 2.74 bits per heavy atom. The second-order valence-corrected chi connectivity index (χ2v) is 6.97. The van der Waals surface area contributed by atoms with Gasteiger partial charge in [0.25, 0.3) is 0 Å². The van der Waals surface area contributed by atoms with E-state index in [0.29, 0.717) is 22.3 Å². The zero-order chi connectivity index (χ0) is 18.8. The predicted octanol–water partition coefficient (Wildman–Crippen LogP) is 4.50. The molecule has 1 aromatic heterocycles. The SMILES string of the molecule is CCCc1cc2c(=O)c3c(oc2cc1OCC(=O)c1ccccc1)CCC3. The number of hydrogen-bond donors (Lipinski definition) is 0. The Bertz CT molecular complexity index is 1050. The number of hydrogen-bond acceptors (Lipinski definition) is 4. The van der Waals surface area contributed by atoms with Crippen LogP contribution in [0.5, 0.6) is 5.75 Å². The van der Waals surface area contributed by atoms with Crippen molar-refractivity contribution in [3.05, 3.63) is 75.1 Å². The first-order chi connectivity index (χ1) is 13.2. The van der Waals surface area contributed by atoms with Gasteiger partial charge in [-0.05, 0) is 30.9 Å². The summed E-state index contributed by atoms with van der Waals surface area (Å²) in [5.74, 6) is 1.34. The summed E-state index contributed by atoms with van der Waals surface area (Å²) in [6, 6.07) is 12.8. The number of rotatable bonds is 6. The van der Waals surface area contributed by atoms with Crippen LogP contribution in [-0.2, 0) is 19.3 Å². The van der Waals surface area contributed by atoms with E-state index >= 15 is 0 Å². The molecule has 0 spiro atoms. The zero-order valence-corrected chi connectivity index (χ0v) is 15.4. The van der Waals surface area contributed by atoms with Gasteiger partial charge in [-0.25, -0.2) is 0 Å². The fourth-order valence-corrected chi connectivity index (χ4v) is 3.68. The standard InChI is InChI=1S/C23H22O4/c1-2-7-16-12-18-22(27-20-11-6-10-17(20)23(18)25)13-21(16)26-14-19(24)15-8-4-3-5-9-15/h3-5,8-9,12-13H,2,6-7,10-11,14H2,1H3. The van der Waals surface area contributed by atoms with Crippen LogP contribution in [0.2, 0.25) is 0 Å². The molecule has 0 radical (unpaired) electrons. The topological polar surface area (TPSA) is 56.5 Å². The highest BCUT2D eigenvalue weighted by Gasteiger charge is 2.21. The minimum absolute atomic E-state index is 0.0403. The first kappa shape index (κ1) is 17.5. The lowest BCUT2D eigenvalue weighted by Gasteiger charge is -2.13. The molecular formula is C23H22O4. The van der Waals surface area contributed by atoms with Gasteiger partial charge in [0, 0.05) is 23.6 Å². The summed E-state index contributed by atoms with van der Waals surface area (Å²) in [5.41, 5.74) is 3.00. The van der Waals surface area contributed by atoms with Crippen molar-refractivity contribution < 1.29 is 13.9 Å². The number of ketones is 1. The normalized spacial score (nSPS) is 12.9. The third-order valence-corrected chi connectivity index (χ3v) is 5.06. The monoisotopic (exact) mass is 362 g/mol. The minimum Gasteiger partial charge on any atom is -0.485 e. The van der Waals surface area contributed by atoms with E-state index in [1.807, 2.05) is 24.3 Å². The Hall–Kier alpha value is -2.88. The molecule has 1 aliphatic carbocycles. The zero-order valence-electron chi connectivity index (χ0n) is 15.4. The van der Waals surface area contributed by atoms with E-state index < -0.39 is 0 Å². The Balaban J connectivity index is 1.69. The number of carbonyl (C=O) groups excluding carboxylic acids is 1. The van der Waals surface area contributed by atoms with Gasteiger partial charge in [0.1, 0.15) is 17.1 Å². The van der Waals surface area contributed by atoms with Crippen molar-refractivity contribution in [3.8, 4) is 5.75 Å². The van der Waals surface area contributed by atoms with E-state index in [4.69, 9.17) is 9.15 Å². The van der Waals surface area contributed by atoms with Crippen molar-refractivity contribution in [2.24, 2.45) is 0 Å². The highest BCUT2D eigenvalue weighted by atomic mass is 16.5. The van der Waals surface area contributed by atoms with Crippen LogP contribution in [-0.4, -0.2) is 12.4 Å². The molecule has 0 amide bonds. The van der Waals surface area contributed by atoms with Crippen LogP contribution in [0.1, 0.15) is 47.0 Å². The Morgan fingerprint density at radius 2 is 1.96 bits per heavy atom. The lowest BCUT2D eigenvalue weighted by atomic mass is 10.0. The van der Waals surface area contributed by atoms with Crippen molar-refractivity contribution in [1.82, 2.24) is 0 Å². The molecule has 0 saturated heterocycles. The maximum atomic E-state index is 12.8. The molecule has 0 unspecified atom stereocenters. The van der Waals surface area contributed by atoms with E-state index in [1.165, 1.54) is 0 Å². The average Bonchev–Trinajstić information content (AvgIpc) is 3.16. The van der Waals surface area contributed by atoms with Gasteiger partial charge in [0.2, 0.25) is 0 Å². The van der Waals surface area contributed by atoms with Crippen LogP contribution < -0.4 is 10.2 Å². The number of aryl methyl sites for hydroxylation is 2. The molecular weight excluding hydrogens is 340 g/mol. The lowest BCUT2D eigenvalue weighted by Crippen LogP contribution is -2.13. The quantitative estimate of drug-likeness (QED) is 0.606. The number of benzene rings is 2. The predicted molar refractivity (Wildman–Crippen MR) is 105 cm³/mol. The second kappa shape index (κ2) is 7.39. The molecule has 27 heavy (non-hydrogen) atoms. The molecule has 4 heteroatoms. The van der Waals surface area contributed by atoms with Gasteiger partial charge >= 0.3 is 0 Å². The molecule has 0 N–H and O–H groups in total. The third kappa shape index (κ3) is 3.39. The molecule has 0 aliphatic heterocycles. The van der Waals surface area contributed by atoms with Crippen molar-refractivity contribution in [3.63, 3.8) is 0 Å². The van der Waals surface area contributed by atoms with Crippen molar-refractivity contribution >= 4 is 16.8 Å². The molecule has 4 rings (SSSR count). The highest BCUT2D eigenvalue weighted by Crippen LogP contribution is 2.30. The fraction of sp³-hybridized carbons (Fsp3) is 0.304. The Morgan fingerprint density at radius 1 is 1.15 bits per heavy atom. The van der Waals surface area contributed by atoms with Crippen LogP contribution in [0.4, 0.5) is 0 Å². The number of Topliss-reactive ketones (excluding diaryl/α,β-unsaturated/α-hetero) is 1. The van der Waals surface area contributed by atoms with Crippen LogP contribution in [0.3, 0.4) is 0 Å². The largest absolute Gasteiger partial charge is 0.485 e. The summed E-state index contributed by atoms with van der Waals surface area (Å²) in [4.78, 5) is 25.1. The Labute approximate surface area is 157 Å². The van der Waals surface area contributed by atoms with Crippen LogP contribution in [0, 0.1) is 0 Å². The molecule has 138 valence electrons. The fourth-order valence-electron chi connectivity index (χ4n) is 3.68. The smallest absolute Gasteiger partial charge is 0.200 e. The van der Waals surface area contributed by atoms with Gasteiger partial charge in [-0.15, -0.1) is 0 Å². The van der Waals surface area contributed by atoms with Gasteiger partial charge in [-0.2, -0.15) is 0 Å². The van der Waals surface area contributed by atoms with Gasteiger partial charge in [-0.1, -0.05) is 43.7 Å². The number of carbonyl (C=O) groups is 1. The van der Waals surface area contributed by atoms with E-state index in [2.05, 4.69) is 6.92 Å². The van der Waals surface area contributed by atoms with Crippen molar-refractivity contribution in [2.75, 3.05) is 6.61 Å². The maximum absolute atomic E-state index is 12.8. The second-order valence-electron chi connectivity index (χ2n) is 6.97. The molecule has 2 aromatic carbocycles. The van der Waals surface area contributed by atoms with Crippen molar-refractivity contribution in [1.29, 1.82) is 0 Å². The number of ether oxygens (including phenoxy) is 1. The van der Waals surface area contributed by atoms with Crippen LogP contribution >= 0.6 is 0 Å². The number of fused-ring (bicyclic) bond motifs is 2. The van der Waals surface area contributed by atoms with E-state index in [9.17, 15) is 9.59 Å². The molecule has 0 fully saturated rings. The molecule has 0 saturated carbocycles. The third-order valence-electron chi connectivity index (χ3n) is 5.06. The summed E-state index contributed by atoms with van der Waals surface area (Å²) in [5, 5.41) is 0.612. The van der Waals surface area contributed by atoms with Gasteiger partial charge < -0.3 is 9.15 Å². The van der Waals surface area contributed by atoms with Crippen molar-refractivity contribution in [2.45, 2.75) is 39.0 Å². The maximum Gasteiger partial charge on any atom is 0.200 e. The molecule has 1 heterocycles. The summed E-state index contributed by atoms with van der Waals surface area (Å²) >= 11 is 0. The lowest BCUT2D eigenvalue weighted by molar-refractivity contribution is 0.0921. The highest BCUT2D eigenvalue weighted by molar-refractivity contribution is 5.97. The summed E-state index contributed by atoms with van der Waals surface area (Å²) in [6.07, 6.45) is 4.26. The van der Waals surface area contributed by atoms with Crippen LogP contribution in [0.15, 0.2) is 51.7 Å². The molecule has 1 aliphatic rings. The molecule has 0 bridgehead atoms. The van der Waals surface area contributed by atoms with E-state index in [0.717, 1.165) is 49.0 Å². The minimum atomic E-state index is -0.0754. The summed E-state index contributed by atoms with van der Waals surface area (Å²) < 4.78 is 11.8. The van der Waals surface area contributed by atoms with E-state index in [1.54, 1.807) is 18.2 Å². The summed E-state index contributed by atoms with van der Waals surface area (Å²) in [7, 11) is 0. The Kier molecular flexibility index (Phi) is 4.80. The average molecular weight is 362 g/mol. The van der Waals surface area contributed by atoms with Gasteiger partial charge in [0.05, 0.1) is 5.39 Å². The summed E-state index contributed by atoms with van der Waals surface area (Å²) in [6.45, 7) is 2.04. The van der Waals surface area contributed by atoms with E-state index in [-0.39, 0.29) is 17.8 Å². The molecule has 4 nitrogen and oxygen atoms in total. The first-order valence-corrected chi connectivity index (χ1v) is 9.50. The van der Waals surface area contributed by atoms with Gasteiger partial charge in [-0.3, -0.25) is 9.59 Å².